The first kappa shape index (κ1) is 8.63. The summed E-state index contributed by atoms with van der Waals surface area (Å²) in [7, 11) is 0. The lowest BCUT2D eigenvalue weighted by molar-refractivity contribution is -0.142. The van der Waals surface area contributed by atoms with Gasteiger partial charge in [0, 0.05) is 6.54 Å². The first-order chi connectivity index (χ1) is 5.61. The van der Waals surface area contributed by atoms with E-state index in [0.29, 0.717) is 13.0 Å². The van der Waals surface area contributed by atoms with Crippen LogP contribution >= 0.6 is 0 Å². The molecule has 0 aliphatic carbocycles. The predicted molar refractivity (Wildman–Crippen MR) is 43.2 cm³/mol. The molecule has 0 aromatic rings. The molecular formula is C6H12N4O2. The van der Waals surface area contributed by atoms with Gasteiger partial charge in [0.25, 0.3) is 0 Å². The van der Waals surface area contributed by atoms with Gasteiger partial charge in [-0.2, -0.15) is 0 Å². The van der Waals surface area contributed by atoms with Crippen LogP contribution in [0.2, 0.25) is 0 Å². The topological polar surface area (TPSA) is 105 Å². The molecule has 0 bridgehead atoms. The highest BCUT2D eigenvalue weighted by atomic mass is 16.4. The van der Waals surface area contributed by atoms with Crippen molar-refractivity contribution in [2.24, 2.45) is 16.6 Å². The van der Waals surface area contributed by atoms with Crippen molar-refractivity contribution in [3.8, 4) is 0 Å². The zero-order valence-electron chi connectivity index (χ0n) is 6.60. The van der Waals surface area contributed by atoms with E-state index in [1.54, 1.807) is 0 Å². The first-order valence-electron chi connectivity index (χ1n) is 3.70. The number of hydrogen-bond acceptors (Lipinski definition) is 3. The maximum Gasteiger partial charge on any atom is 0.328 e. The van der Waals surface area contributed by atoms with Gasteiger partial charge in [0.05, 0.1) is 0 Å². The lowest BCUT2D eigenvalue weighted by Crippen LogP contribution is -2.36. The third kappa shape index (κ3) is 1.77. The summed E-state index contributed by atoms with van der Waals surface area (Å²) in [5, 5.41) is 13.8. The van der Waals surface area contributed by atoms with Gasteiger partial charge in [-0.05, 0) is 12.8 Å². The minimum atomic E-state index is -0.877. The molecule has 68 valence electrons. The minimum Gasteiger partial charge on any atom is -0.480 e. The zero-order valence-corrected chi connectivity index (χ0v) is 6.60. The van der Waals surface area contributed by atoms with E-state index in [-0.39, 0.29) is 5.96 Å². The number of guanidine groups is 1. The first-order valence-corrected chi connectivity index (χ1v) is 3.70. The number of nitrogens with two attached hydrogens (primary N) is 2. The normalized spacial score (nSPS) is 22.3. The molecule has 0 aromatic heterocycles. The Bertz CT molecular complexity index is 212. The molecule has 1 atom stereocenters. The molecule has 0 unspecified atom stereocenters. The van der Waals surface area contributed by atoms with Crippen LogP contribution < -0.4 is 11.5 Å². The second-order valence-corrected chi connectivity index (χ2v) is 2.68. The molecule has 0 radical (unpaired) electrons. The maximum atomic E-state index is 10.6. The summed E-state index contributed by atoms with van der Waals surface area (Å²) in [4.78, 5) is 10.6. The second kappa shape index (κ2) is 3.29. The molecule has 0 saturated carbocycles. The lowest BCUT2D eigenvalue weighted by atomic mass is 10.2. The summed E-state index contributed by atoms with van der Waals surface area (Å²) in [5.74, 6) is -0.972. The molecule has 0 spiro atoms. The van der Waals surface area contributed by atoms with Gasteiger partial charge in [-0.25, -0.2) is 4.79 Å². The Balaban J connectivity index is 2.64. The van der Waals surface area contributed by atoms with Gasteiger partial charge >= 0.3 is 5.97 Å². The van der Waals surface area contributed by atoms with Gasteiger partial charge in [-0.3, -0.25) is 5.01 Å². The highest BCUT2D eigenvalue weighted by molar-refractivity contribution is 5.77. The van der Waals surface area contributed by atoms with Gasteiger partial charge in [0.15, 0.2) is 0 Å². The van der Waals surface area contributed by atoms with Crippen LogP contribution in [0, 0.1) is 0 Å². The quantitative estimate of drug-likeness (QED) is 0.355. The zero-order chi connectivity index (χ0) is 9.14. The van der Waals surface area contributed by atoms with Crippen molar-refractivity contribution in [3.05, 3.63) is 0 Å². The fraction of sp³-hybridized carbons (Fsp3) is 0.667. The van der Waals surface area contributed by atoms with Gasteiger partial charge < -0.3 is 16.6 Å². The fourth-order valence-corrected chi connectivity index (χ4v) is 1.27. The van der Waals surface area contributed by atoms with Gasteiger partial charge in [0.1, 0.15) is 6.04 Å². The van der Waals surface area contributed by atoms with Gasteiger partial charge in [-0.1, -0.05) is 0 Å². The summed E-state index contributed by atoms with van der Waals surface area (Å²) in [6, 6.07) is -0.563. The average molecular weight is 172 g/mol. The number of nitrogens with zero attached hydrogens (tertiary/aromatic N) is 2. The minimum absolute atomic E-state index is 0.0943. The van der Waals surface area contributed by atoms with Crippen LogP contribution in [-0.2, 0) is 4.79 Å². The summed E-state index contributed by atoms with van der Waals surface area (Å²) in [5.41, 5.74) is 10.3. The molecule has 1 rings (SSSR count). The van der Waals surface area contributed by atoms with Crippen LogP contribution in [0.25, 0.3) is 0 Å². The number of carboxylic acids is 1. The Morgan fingerprint density at radius 3 is 2.75 bits per heavy atom. The van der Waals surface area contributed by atoms with Crippen LogP contribution in [0.3, 0.4) is 0 Å². The molecule has 1 aliphatic rings. The lowest BCUT2D eigenvalue weighted by Gasteiger charge is -2.16. The second-order valence-electron chi connectivity index (χ2n) is 2.68. The average Bonchev–Trinajstić information content (AvgIpc) is 2.33. The number of rotatable bonds is 2. The molecule has 1 aliphatic heterocycles. The Morgan fingerprint density at radius 2 is 2.25 bits per heavy atom. The predicted octanol–water partition coefficient (Wildman–Crippen LogP) is -1.28. The molecule has 0 amide bonds. The van der Waals surface area contributed by atoms with Crippen LogP contribution in [-0.4, -0.2) is 34.6 Å². The summed E-state index contributed by atoms with van der Waals surface area (Å²) in [6.07, 6.45) is 1.42. The van der Waals surface area contributed by atoms with Crippen molar-refractivity contribution in [2.45, 2.75) is 18.9 Å². The van der Waals surface area contributed by atoms with Crippen molar-refractivity contribution in [1.82, 2.24) is 5.01 Å². The number of carbonyl (C=O) groups is 1. The fourth-order valence-electron chi connectivity index (χ4n) is 1.27. The monoisotopic (exact) mass is 172 g/mol. The van der Waals surface area contributed by atoms with Gasteiger partial charge in [0.2, 0.25) is 5.96 Å². The van der Waals surface area contributed by atoms with E-state index in [1.165, 1.54) is 5.01 Å². The highest BCUT2D eigenvalue weighted by Gasteiger charge is 2.29. The van der Waals surface area contributed by atoms with Crippen molar-refractivity contribution < 1.29 is 9.90 Å². The van der Waals surface area contributed by atoms with E-state index < -0.39 is 12.0 Å². The SMILES string of the molecule is NC(N)=NN1CCC[C@H]1C(=O)O. The van der Waals surface area contributed by atoms with Gasteiger partial charge in [-0.15, -0.1) is 5.10 Å². The van der Waals surface area contributed by atoms with E-state index in [2.05, 4.69) is 5.10 Å². The molecule has 1 fully saturated rings. The summed E-state index contributed by atoms with van der Waals surface area (Å²) < 4.78 is 0. The van der Waals surface area contributed by atoms with Crippen molar-refractivity contribution >= 4 is 11.9 Å². The number of hydrazone groups is 1. The Labute approximate surface area is 69.8 Å². The third-order valence-corrected chi connectivity index (χ3v) is 1.75. The van der Waals surface area contributed by atoms with Crippen LogP contribution in [0.1, 0.15) is 12.8 Å². The molecule has 0 aromatic carbocycles. The smallest absolute Gasteiger partial charge is 0.328 e. The molecule has 12 heavy (non-hydrogen) atoms. The van der Waals surface area contributed by atoms with Crippen LogP contribution in [0.4, 0.5) is 0 Å². The van der Waals surface area contributed by atoms with Crippen molar-refractivity contribution in [1.29, 1.82) is 0 Å². The number of aliphatic carboxylic acids is 1. The summed E-state index contributed by atoms with van der Waals surface area (Å²) >= 11 is 0. The molecule has 1 heterocycles. The summed E-state index contributed by atoms with van der Waals surface area (Å²) in [6.45, 7) is 0.606. The van der Waals surface area contributed by atoms with E-state index in [0.717, 1.165) is 6.42 Å². The van der Waals surface area contributed by atoms with Crippen LogP contribution in [0.15, 0.2) is 5.10 Å². The van der Waals surface area contributed by atoms with E-state index >= 15 is 0 Å². The molecule has 1 saturated heterocycles. The van der Waals surface area contributed by atoms with E-state index in [9.17, 15) is 4.79 Å². The number of hydrogen-bond donors (Lipinski definition) is 3. The van der Waals surface area contributed by atoms with E-state index in [1.807, 2.05) is 0 Å². The highest BCUT2D eigenvalue weighted by Crippen LogP contribution is 2.16. The maximum absolute atomic E-state index is 10.6. The number of carboxylic acid groups (broad SMARTS) is 1. The van der Waals surface area contributed by atoms with E-state index in [4.69, 9.17) is 16.6 Å². The molecule has 6 nitrogen and oxygen atoms in total. The third-order valence-electron chi connectivity index (χ3n) is 1.75. The molecular weight excluding hydrogens is 160 g/mol. The van der Waals surface area contributed by atoms with Crippen molar-refractivity contribution in [2.75, 3.05) is 6.54 Å². The van der Waals surface area contributed by atoms with Crippen molar-refractivity contribution in [3.63, 3.8) is 0 Å². The molecule has 5 N–H and O–H groups in total. The van der Waals surface area contributed by atoms with Crippen LogP contribution in [0.5, 0.6) is 0 Å². The Morgan fingerprint density at radius 1 is 1.58 bits per heavy atom. The largest absolute Gasteiger partial charge is 0.480 e. The Hall–Kier alpha value is -1.46. The molecule has 6 heteroatoms. The standard InChI is InChI=1S/C6H12N4O2/c7-6(8)9-10-3-1-2-4(10)5(11)12/h4H,1-3H2,(H,11,12)(H4,7,8,9)/t4-/m0/s1. The Kier molecular flexibility index (Phi) is 2.37.